The molecular formula is C23H19Cl2N5O6. The van der Waals surface area contributed by atoms with Crippen molar-refractivity contribution in [1.82, 2.24) is 5.32 Å². The van der Waals surface area contributed by atoms with Gasteiger partial charge in [0.15, 0.2) is 0 Å². The lowest BCUT2D eigenvalue weighted by atomic mass is 9.76. The lowest BCUT2D eigenvalue weighted by Crippen LogP contribution is -2.53. The third-order valence-corrected chi connectivity index (χ3v) is 7.90. The maximum absolute atomic E-state index is 13.9. The van der Waals surface area contributed by atoms with E-state index in [2.05, 4.69) is 10.6 Å². The molecule has 4 amide bonds. The molecule has 1 spiro atoms. The normalized spacial score (nSPS) is 26.4. The summed E-state index contributed by atoms with van der Waals surface area (Å²) in [6.45, 7) is 1.72. The first-order valence-corrected chi connectivity index (χ1v) is 11.7. The Kier molecular flexibility index (Phi) is 5.54. The number of hydrogen-bond donors (Lipinski definition) is 3. The molecule has 0 aliphatic carbocycles. The van der Waals surface area contributed by atoms with Crippen molar-refractivity contribution < 1.29 is 24.1 Å². The van der Waals surface area contributed by atoms with E-state index in [1.165, 1.54) is 12.1 Å². The van der Waals surface area contributed by atoms with Crippen molar-refractivity contribution in [2.75, 3.05) is 10.2 Å². The minimum Gasteiger partial charge on any atom is -0.370 e. The molecule has 11 nitrogen and oxygen atoms in total. The van der Waals surface area contributed by atoms with E-state index < -0.39 is 57.7 Å². The highest BCUT2D eigenvalue weighted by molar-refractivity contribution is 6.33. The average molecular weight is 532 g/mol. The Labute approximate surface area is 214 Å². The van der Waals surface area contributed by atoms with Gasteiger partial charge in [-0.15, -0.1) is 0 Å². The van der Waals surface area contributed by atoms with E-state index in [0.717, 1.165) is 11.0 Å². The number of halogens is 2. The van der Waals surface area contributed by atoms with E-state index in [1.807, 2.05) is 0 Å². The van der Waals surface area contributed by atoms with Crippen molar-refractivity contribution in [1.29, 1.82) is 0 Å². The van der Waals surface area contributed by atoms with Crippen molar-refractivity contribution in [2.45, 2.75) is 31.3 Å². The Morgan fingerprint density at radius 2 is 1.86 bits per heavy atom. The molecule has 0 bridgehead atoms. The SMILES string of the molecule is Cc1c(Cl)ccc2c1NC(=O)C21NC(CCC(N)=O)C2C(=O)N(c3ccc(Cl)c([N+](=O)[O-])c3)C(=O)C21. The molecule has 0 saturated carbocycles. The van der Waals surface area contributed by atoms with Crippen LogP contribution in [0.25, 0.3) is 0 Å². The maximum Gasteiger partial charge on any atom is 0.289 e. The maximum atomic E-state index is 13.9. The molecule has 2 aromatic carbocycles. The number of benzene rings is 2. The van der Waals surface area contributed by atoms with Crippen molar-refractivity contribution in [3.05, 3.63) is 61.6 Å². The number of hydrogen-bond acceptors (Lipinski definition) is 7. The molecule has 4 atom stereocenters. The predicted octanol–water partition coefficient (Wildman–Crippen LogP) is 2.40. The molecule has 186 valence electrons. The summed E-state index contributed by atoms with van der Waals surface area (Å²) in [5.41, 5.74) is 4.70. The van der Waals surface area contributed by atoms with Gasteiger partial charge in [-0.05, 0) is 37.1 Å². The Bertz CT molecular complexity index is 1400. The van der Waals surface area contributed by atoms with Crippen LogP contribution in [0.2, 0.25) is 10.0 Å². The number of nitrogens with zero attached hydrogens (tertiary/aromatic N) is 2. The monoisotopic (exact) mass is 531 g/mol. The molecule has 2 fully saturated rings. The van der Waals surface area contributed by atoms with Crippen molar-refractivity contribution in [2.24, 2.45) is 17.6 Å². The average Bonchev–Trinajstić information content (AvgIpc) is 3.40. The summed E-state index contributed by atoms with van der Waals surface area (Å²) in [5, 5.41) is 17.6. The van der Waals surface area contributed by atoms with Gasteiger partial charge in [-0.25, -0.2) is 4.90 Å². The van der Waals surface area contributed by atoms with Gasteiger partial charge in [-0.3, -0.25) is 34.6 Å². The van der Waals surface area contributed by atoms with Crippen LogP contribution in [0.5, 0.6) is 0 Å². The van der Waals surface area contributed by atoms with Crippen LogP contribution in [0.15, 0.2) is 30.3 Å². The molecule has 4 unspecified atom stereocenters. The zero-order valence-electron chi connectivity index (χ0n) is 18.7. The molecule has 0 aromatic heterocycles. The molecule has 3 aliphatic rings. The number of primary amides is 1. The highest BCUT2D eigenvalue weighted by atomic mass is 35.5. The van der Waals surface area contributed by atoms with Gasteiger partial charge in [0.2, 0.25) is 23.6 Å². The molecule has 4 N–H and O–H groups in total. The highest BCUT2D eigenvalue weighted by Crippen LogP contribution is 2.55. The number of carbonyl (C=O) groups excluding carboxylic acids is 4. The van der Waals surface area contributed by atoms with Gasteiger partial charge in [-0.2, -0.15) is 0 Å². The summed E-state index contributed by atoms with van der Waals surface area (Å²) in [7, 11) is 0. The van der Waals surface area contributed by atoms with E-state index in [9.17, 15) is 29.3 Å². The quantitative estimate of drug-likeness (QED) is 0.302. The summed E-state index contributed by atoms with van der Waals surface area (Å²) in [5.74, 6) is -4.70. The zero-order valence-corrected chi connectivity index (χ0v) is 20.2. The van der Waals surface area contributed by atoms with Crippen molar-refractivity contribution >= 4 is 63.9 Å². The van der Waals surface area contributed by atoms with Crippen LogP contribution in [-0.4, -0.2) is 34.6 Å². The Balaban J connectivity index is 1.67. The summed E-state index contributed by atoms with van der Waals surface area (Å²) in [6.07, 6.45) is 0.0139. The summed E-state index contributed by atoms with van der Waals surface area (Å²) >= 11 is 12.2. The number of nitro groups is 1. The first kappa shape index (κ1) is 24.2. The fourth-order valence-corrected chi connectivity index (χ4v) is 5.91. The smallest absolute Gasteiger partial charge is 0.289 e. The predicted molar refractivity (Wildman–Crippen MR) is 129 cm³/mol. The molecule has 2 saturated heterocycles. The van der Waals surface area contributed by atoms with Crippen LogP contribution in [0, 0.1) is 28.9 Å². The number of nitro benzene ring substituents is 1. The number of amides is 4. The number of carbonyl (C=O) groups is 4. The lowest BCUT2D eigenvalue weighted by Gasteiger charge is -2.29. The fourth-order valence-electron chi connectivity index (χ4n) is 5.57. The summed E-state index contributed by atoms with van der Waals surface area (Å²) in [6, 6.07) is 6.08. The van der Waals surface area contributed by atoms with Gasteiger partial charge in [-0.1, -0.05) is 29.3 Å². The van der Waals surface area contributed by atoms with E-state index in [-0.39, 0.29) is 23.6 Å². The standard InChI is InChI=1S/C23H19Cl2N5O6/c1-9-12(24)5-3-11-19(9)27-22(34)23(11)18-17(14(28-23)6-7-16(26)31)20(32)29(21(18)33)10-2-4-13(25)15(8-10)30(35)36/h2-5,8,14,17-18,28H,6-7H2,1H3,(H2,26,31)(H,27,34). The first-order chi connectivity index (χ1) is 17.0. The van der Waals surface area contributed by atoms with Crippen LogP contribution >= 0.6 is 23.2 Å². The number of anilines is 2. The third-order valence-electron chi connectivity index (χ3n) is 7.17. The Hall–Kier alpha value is -3.54. The molecule has 5 rings (SSSR count). The molecule has 3 aliphatic heterocycles. The lowest BCUT2D eigenvalue weighted by molar-refractivity contribution is -0.384. The highest BCUT2D eigenvalue weighted by Gasteiger charge is 2.70. The fraction of sp³-hybridized carbons (Fsp3) is 0.304. The van der Waals surface area contributed by atoms with E-state index in [0.29, 0.717) is 21.8 Å². The minimum atomic E-state index is -1.61. The molecule has 36 heavy (non-hydrogen) atoms. The topological polar surface area (TPSA) is 165 Å². The zero-order chi connectivity index (χ0) is 26.1. The van der Waals surface area contributed by atoms with Gasteiger partial charge >= 0.3 is 0 Å². The number of imide groups is 1. The molecule has 0 radical (unpaired) electrons. The number of nitrogens with one attached hydrogen (secondary N) is 2. The number of rotatable bonds is 5. The minimum absolute atomic E-state index is 0.0368. The van der Waals surface area contributed by atoms with Crippen molar-refractivity contribution in [3.63, 3.8) is 0 Å². The van der Waals surface area contributed by atoms with Crippen LogP contribution in [0.1, 0.15) is 24.0 Å². The van der Waals surface area contributed by atoms with Crippen LogP contribution in [-0.2, 0) is 24.7 Å². The van der Waals surface area contributed by atoms with Gasteiger partial charge in [0.1, 0.15) is 10.6 Å². The Morgan fingerprint density at radius 1 is 1.17 bits per heavy atom. The van der Waals surface area contributed by atoms with Crippen LogP contribution in [0.3, 0.4) is 0 Å². The van der Waals surface area contributed by atoms with Crippen LogP contribution < -0.4 is 21.3 Å². The van der Waals surface area contributed by atoms with E-state index in [4.69, 9.17) is 28.9 Å². The Morgan fingerprint density at radius 3 is 2.53 bits per heavy atom. The second-order valence-corrected chi connectivity index (χ2v) is 9.84. The second kappa shape index (κ2) is 8.26. The van der Waals surface area contributed by atoms with Gasteiger partial charge in [0, 0.05) is 29.1 Å². The van der Waals surface area contributed by atoms with E-state index in [1.54, 1.807) is 19.1 Å². The number of nitrogens with two attached hydrogens (primary N) is 1. The second-order valence-electron chi connectivity index (χ2n) is 9.02. The summed E-state index contributed by atoms with van der Waals surface area (Å²) < 4.78 is 0. The first-order valence-electron chi connectivity index (χ1n) is 11.0. The van der Waals surface area contributed by atoms with E-state index >= 15 is 0 Å². The molecule has 3 heterocycles. The summed E-state index contributed by atoms with van der Waals surface area (Å²) in [4.78, 5) is 64.2. The largest absolute Gasteiger partial charge is 0.370 e. The van der Waals surface area contributed by atoms with Crippen LogP contribution in [0.4, 0.5) is 17.1 Å². The van der Waals surface area contributed by atoms with Crippen molar-refractivity contribution in [3.8, 4) is 0 Å². The molecule has 13 heteroatoms. The van der Waals surface area contributed by atoms with Gasteiger partial charge in [0.05, 0.1) is 28.1 Å². The van der Waals surface area contributed by atoms with Gasteiger partial charge in [0.25, 0.3) is 5.69 Å². The van der Waals surface area contributed by atoms with Gasteiger partial charge < -0.3 is 11.1 Å². The molecular weight excluding hydrogens is 513 g/mol. The molecule has 2 aromatic rings. The third kappa shape index (κ3) is 3.23. The number of fused-ring (bicyclic) bond motifs is 4.